The van der Waals surface area contributed by atoms with E-state index in [0.717, 1.165) is 16.5 Å². The molecule has 3 N–H and O–H groups in total. The fraction of sp³-hybridized carbons (Fsp3) is 0.214. The summed E-state index contributed by atoms with van der Waals surface area (Å²) >= 11 is 0. The summed E-state index contributed by atoms with van der Waals surface area (Å²) in [5.74, 6) is -4.91. The van der Waals surface area contributed by atoms with E-state index in [9.17, 15) is 14.4 Å². The Labute approximate surface area is 114 Å². The zero-order valence-corrected chi connectivity index (χ0v) is 10.5. The van der Waals surface area contributed by atoms with Gasteiger partial charge in [-0.1, -0.05) is 18.2 Å². The lowest BCUT2D eigenvalue weighted by Gasteiger charge is -2.09. The molecule has 0 fully saturated rings. The van der Waals surface area contributed by atoms with Crippen molar-refractivity contribution in [1.29, 1.82) is 0 Å². The van der Waals surface area contributed by atoms with E-state index in [1.807, 2.05) is 24.3 Å². The Kier molecular flexibility index (Phi) is 3.84. The van der Waals surface area contributed by atoms with E-state index in [1.54, 1.807) is 6.20 Å². The third-order valence-corrected chi connectivity index (χ3v) is 3.16. The van der Waals surface area contributed by atoms with Crippen LogP contribution in [0.15, 0.2) is 30.5 Å². The van der Waals surface area contributed by atoms with E-state index in [-0.39, 0.29) is 6.42 Å². The molecule has 0 amide bonds. The number of H-pyrrole nitrogens is 1. The molecule has 2 aromatic rings. The minimum absolute atomic E-state index is 0.109. The first-order chi connectivity index (χ1) is 9.49. The number of para-hydroxylation sites is 1. The lowest BCUT2D eigenvalue weighted by Crippen LogP contribution is -2.24. The third-order valence-electron chi connectivity index (χ3n) is 3.16. The van der Waals surface area contributed by atoms with Crippen molar-refractivity contribution in [3.8, 4) is 0 Å². The van der Waals surface area contributed by atoms with E-state index in [1.165, 1.54) is 0 Å². The van der Waals surface area contributed by atoms with Crippen molar-refractivity contribution in [2.75, 3.05) is 0 Å². The molecule has 104 valence electrons. The number of fused-ring (bicyclic) bond motifs is 1. The fourth-order valence-electron chi connectivity index (χ4n) is 2.12. The highest BCUT2D eigenvalue weighted by Crippen LogP contribution is 2.22. The second kappa shape index (κ2) is 5.56. The molecule has 0 bridgehead atoms. The number of carboxylic acids is 2. The van der Waals surface area contributed by atoms with Crippen LogP contribution in [0.1, 0.15) is 12.0 Å². The van der Waals surface area contributed by atoms with Crippen LogP contribution in [0, 0.1) is 5.92 Å². The molecule has 0 unspecified atom stereocenters. The number of ketones is 1. The van der Waals surface area contributed by atoms with Crippen LogP contribution in [-0.4, -0.2) is 32.9 Å². The highest BCUT2D eigenvalue weighted by Gasteiger charge is 2.25. The molecule has 0 saturated carbocycles. The van der Waals surface area contributed by atoms with Crippen LogP contribution in [0.25, 0.3) is 10.9 Å². The fourth-order valence-corrected chi connectivity index (χ4v) is 2.12. The number of carboxylic acid groups (broad SMARTS) is 2. The molecular weight excluding hydrogens is 262 g/mol. The maximum absolute atomic E-state index is 11.2. The quantitative estimate of drug-likeness (QED) is 0.692. The second-order valence-corrected chi connectivity index (χ2v) is 4.53. The number of aromatic amines is 1. The van der Waals surface area contributed by atoms with E-state index < -0.39 is 30.1 Å². The van der Waals surface area contributed by atoms with Crippen molar-refractivity contribution in [1.82, 2.24) is 4.98 Å². The largest absolute Gasteiger partial charge is 0.481 e. The van der Waals surface area contributed by atoms with Crippen LogP contribution >= 0.6 is 0 Å². The van der Waals surface area contributed by atoms with Gasteiger partial charge in [0.25, 0.3) is 0 Å². The number of carbonyl (C=O) groups excluding carboxylic acids is 1. The summed E-state index contributed by atoms with van der Waals surface area (Å²) < 4.78 is 0. The Hall–Kier alpha value is -2.63. The predicted molar refractivity (Wildman–Crippen MR) is 70.4 cm³/mol. The van der Waals surface area contributed by atoms with E-state index in [4.69, 9.17) is 10.2 Å². The maximum Gasteiger partial charge on any atom is 0.372 e. The van der Waals surface area contributed by atoms with Crippen LogP contribution in [0.4, 0.5) is 0 Å². The minimum atomic E-state index is -1.60. The summed E-state index contributed by atoms with van der Waals surface area (Å²) in [6.45, 7) is 0. The first-order valence-electron chi connectivity index (χ1n) is 6.03. The topological polar surface area (TPSA) is 107 Å². The molecule has 0 aliphatic rings. The Morgan fingerprint density at radius 2 is 1.85 bits per heavy atom. The number of hydrogen-bond acceptors (Lipinski definition) is 3. The first kappa shape index (κ1) is 13.8. The average molecular weight is 275 g/mol. The van der Waals surface area contributed by atoms with Gasteiger partial charge in [-0.3, -0.25) is 9.59 Å². The maximum atomic E-state index is 11.2. The number of rotatable bonds is 6. The predicted octanol–water partition coefficient (Wildman–Crippen LogP) is 1.45. The molecule has 1 aromatic carbocycles. The number of aromatic nitrogens is 1. The van der Waals surface area contributed by atoms with Crippen molar-refractivity contribution < 1.29 is 24.6 Å². The van der Waals surface area contributed by atoms with Crippen LogP contribution in [0.3, 0.4) is 0 Å². The van der Waals surface area contributed by atoms with Crippen LogP contribution in [0.2, 0.25) is 0 Å². The zero-order chi connectivity index (χ0) is 14.7. The Morgan fingerprint density at radius 1 is 1.15 bits per heavy atom. The molecule has 20 heavy (non-hydrogen) atoms. The molecule has 0 saturated heterocycles. The van der Waals surface area contributed by atoms with Gasteiger partial charge in [0, 0.05) is 23.5 Å². The summed E-state index contributed by atoms with van der Waals surface area (Å²) in [6, 6.07) is 7.39. The van der Waals surface area contributed by atoms with Crippen LogP contribution < -0.4 is 0 Å². The molecule has 6 heteroatoms. The number of carbonyl (C=O) groups is 3. The zero-order valence-electron chi connectivity index (χ0n) is 10.5. The van der Waals surface area contributed by atoms with Crippen molar-refractivity contribution in [2.24, 2.45) is 5.92 Å². The van der Waals surface area contributed by atoms with Gasteiger partial charge < -0.3 is 15.2 Å². The van der Waals surface area contributed by atoms with Gasteiger partial charge in [-0.2, -0.15) is 0 Å². The van der Waals surface area contributed by atoms with Gasteiger partial charge in [0.2, 0.25) is 5.78 Å². The van der Waals surface area contributed by atoms with Crippen molar-refractivity contribution in [3.63, 3.8) is 0 Å². The molecule has 6 nitrogen and oxygen atoms in total. The van der Waals surface area contributed by atoms with Crippen molar-refractivity contribution >= 4 is 28.6 Å². The SMILES string of the molecule is O=C(O)C(=O)C[C@H](Cc1c[nH]c2ccccc12)C(=O)O. The van der Waals surface area contributed by atoms with Gasteiger partial charge in [0.1, 0.15) is 0 Å². The highest BCUT2D eigenvalue weighted by atomic mass is 16.4. The van der Waals surface area contributed by atoms with Gasteiger partial charge in [-0.25, -0.2) is 4.79 Å². The average Bonchev–Trinajstić information content (AvgIpc) is 2.81. The Bertz CT molecular complexity index is 673. The van der Waals surface area contributed by atoms with Crippen LogP contribution in [0.5, 0.6) is 0 Å². The van der Waals surface area contributed by atoms with Gasteiger partial charge in [-0.05, 0) is 18.1 Å². The molecule has 1 heterocycles. The minimum Gasteiger partial charge on any atom is -0.481 e. The normalized spacial score (nSPS) is 12.2. The van der Waals surface area contributed by atoms with Gasteiger partial charge in [0.05, 0.1) is 5.92 Å². The van der Waals surface area contributed by atoms with Gasteiger partial charge in [-0.15, -0.1) is 0 Å². The lowest BCUT2D eigenvalue weighted by molar-refractivity contribution is -0.151. The molecule has 0 aliphatic heterocycles. The number of Topliss-reactive ketones (excluding diaryl/α,β-unsaturated/α-hetero) is 1. The summed E-state index contributed by atoms with van der Waals surface area (Å²) in [4.78, 5) is 35.9. The molecular formula is C14H13NO5. The van der Waals surface area contributed by atoms with E-state index >= 15 is 0 Å². The first-order valence-corrected chi connectivity index (χ1v) is 6.03. The summed E-state index contributed by atoms with van der Waals surface area (Å²) in [7, 11) is 0. The molecule has 0 aliphatic carbocycles. The van der Waals surface area contributed by atoms with Gasteiger partial charge in [0.15, 0.2) is 0 Å². The summed E-state index contributed by atoms with van der Waals surface area (Å²) in [5, 5.41) is 18.6. The molecule has 0 radical (unpaired) electrons. The van der Waals surface area contributed by atoms with Crippen LogP contribution in [-0.2, 0) is 20.8 Å². The van der Waals surface area contributed by atoms with E-state index in [2.05, 4.69) is 4.98 Å². The summed E-state index contributed by atoms with van der Waals surface area (Å²) in [6.07, 6.45) is 1.29. The number of aliphatic carboxylic acids is 2. The van der Waals surface area contributed by atoms with Gasteiger partial charge >= 0.3 is 11.9 Å². The van der Waals surface area contributed by atoms with E-state index in [0.29, 0.717) is 0 Å². The number of hydrogen-bond donors (Lipinski definition) is 3. The van der Waals surface area contributed by atoms with Crippen molar-refractivity contribution in [3.05, 3.63) is 36.0 Å². The molecule has 2 rings (SSSR count). The Balaban J connectivity index is 2.22. The Morgan fingerprint density at radius 3 is 2.50 bits per heavy atom. The van der Waals surface area contributed by atoms with Crippen molar-refractivity contribution in [2.45, 2.75) is 12.8 Å². The smallest absolute Gasteiger partial charge is 0.372 e. The number of benzene rings is 1. The lowest BCUT2D eigenvalue weighted by atomic mass is 9.94. The highest BCUT2D eigenvalue weighted by molar-refractivity contribution is 6.33. The molecule has 0 spiro atoms. The molecule has 1 atom stereocenters. The number of nitrogens with one attached hydrogen (secondary N) is 1. The monoisotopic (exact) mass is 275 g/mol. The third kappa shape index (κ3) is 2.85. The second-order valence-electron chi connectivity index (χ2n) is 4.53. The molecule has 1 aromatic heterocycles. The summed E-state index contributed by atoms with van der Waals surface area (Å²) in [5.41, 5.74) is 1.63. The standard InChI is InChI=1S/C14H13NO5/c16-12(14(19)20)6-8(13(17)18)5-9-7-15-11-4-2-1-3-10(9)11/h1-4,7-8,15H,5-6H2,(H,17,18)(H,19,20)/t8-/m0/s1.